The Morgan fingerprint density at radius 3 is 2.86 bits per heavy atom. The minimum absolute atomic E-state index is 0.0278. The monoisotopic (exact) mass is 312 g/mol. The molecule has 0 unspecified atom stereocenters. The first-order valence-corrected chi connectivity index (χ1v) is 7.04. The van der Waals surface area contributed by atoms with Crippen LogP contribution in [0.25, 0.3) is 0 Å². The molecule has 9 heteroatoms. The van der Waals surface area contributed by atoms with Gasteiger partial charge in [-0.05, 0) is 6.92 Å². The number of ether oxygens (including phenoxy) is 3. The second kappa shape index (κ2) is 4.49. The highest BCUT2D eigenvalue weighted by molar-refractivity contribution is 5.16. The highest BCUT2D eigenvalue weighted by Gasteiger charge is 2.69. The molecule has 3 saturated heterocycles. The van der Waals surface area contributed by atoms with Crippen molar-refractivity contribution in [3.8, 4) is 0 Å². The van der Waals surface area contributed by atoms with Crippen LogP contribution in [-0.2, 0) is 14.2 Å². The van der Waals surface area contributed by atoms with E-state index in [9.17, 15) is 19.8 Å². The first kappa shape index (κ1) is 14.1. The summed E-state index contributed by atoms with van der Waals surface area (Å²) in [4.78, 5) is 25.7. The molecule has 0 aliphatic carbocycles. The molecule has 22 heavy (non-hydrogen) atoms. The number of rotatable bonds is 1. The number of aliphatic hydroxyl groups is 2. The summed E-state index contributed by atoms with van der Waals surface area (Å²) in [5.41, 5.74) is -2.34. The molecule has 3 N–H and O–H groups in total. The Morgan fingerprint density at radius 2 is 2.09 bits per heavy atom. The number of hydrogen-bond acceptors (Lipinski definition) is 7. The number of aromatic nitrogens is 2. The topological polar surface area (TPSA) is 123 Å². The average Bonchev–Trinajstić information content (AvgIpc) is 2.95. The molecule has 0 amide bonds. The van der Waals surface area contributed by atoms with Gasteiger partial charge in [-0.25, -0.2) is 4.79 Å². The van der Waals surface area contributed by atoms with Gasteiger partial charge < -0.3 is 24.4 Å². The lowest BCUT2D eigenvalue weighted by Gasteiger charge is -2.39. The van der Waals surface area contributed by atoms with Crippen molar-refractivity contribution >= 4 is 0 Å². The molecule has 3 aliphatic heterocycles. The summed E-state index contributed by atoms with van der Waals surface area (Å²) in [6.45, 7) is 1.74. The van der Waals surface area contributed by atoms with E-state index in [0.29, 0.717) is 5.56 Å². The Balaban J connectivity index is 1.81. The maximum Gasteiger partial charge on any atom is 0.330 e. The summed E-state index contributed by atoms with van der Waals surface area (Å²) in [5, 5.41) is 20.9. The van der Waals surface area contributed by atoms with E-state index < -0.39 is 47.5 Å². The zero-order valence-corrected chi connectivity index (χ0v) is 11.8. The molecule has 6 atom stereocenters. The second-order valence-corrected chi connectivity index (χ2v) is 5.96. The predicted molar refractivity (Wildman–Crippen MR) is 70.4 cm³/mol. The molecule has 0 spiro atoms. The van der Waals surface area contributed by atoms with Crippen LogP contribution in [0.2, 0.25) is 0 Å². The van der Waals surface area contributed by atoms with Crippen LogP contribution >= 0.6 is 0 Å². The van der Waals surface area contributed by atoms with Crippen molar-refractivity contribution in [2.75, 3.05) is 13.2 Å². The standard InChI is InChI=1S/C13H16N2O7/c1-5-2-15(12(18)14-10(5)17)11-9-13(19)7(4-21-9)20-3-6(16)8(13)22-11/h2,6-9,11,16,19H,3-4H2,1H3,(H,14,17,18)/t6-,7-,8-,9-,11-,13-/m1/s1. The van der Waals surface area contributed by atoms with Crippen LogP contribution in [-0.4, -0.2) is 63.0 Å². The molecule has 0 saturated carbocycles. The molecular weight excluding hydrogens is 296 g/mol. The maximum atomic E-state index is 12.0. The van der Waals surface area contributed by atoms with Gasteiger partial charge in [-0.3, -0.25) is 14.3 Å². The van der Waals surface area contributed by atoms with E-state index in [2.05, 4.69) is 4.98 Å². The minimum atomic E-state index is -1.52. The molecule has 3 aliphatic rings. The molecule has 1 aromatic rings. The van der Waals surface area contributed by atoms with Gasteiger partial charge in [0.25, 0.3) is 5.56 Å². The highest BCUT2D eigenvalue weighted by Crippen LogP contribution is 2.48. The van der Waals surface area contributed by atoms with Crippen molar-refractivity contribution < 1.29 is 24.4 Å². The first-order chi connectivity index (χ1) is 10.4. The van der Waals surface area contributed by atoms with Gasteiger partial charge >= 0.3 is 5.69 Å². The lowest BCUT2D eigenvalue weighted by atomic mass is 9.84. The van der Waals surface area contributed by atoms with Gasteiger partial charge in [0, 0.05) is 11.8 Å². The van der Waals surface area contributed by atoms with E-state index in [4.69, 9.17) is 14.2 Å². The van der Waals surface area contributed by atoms with E-state index in [1.807, 2.05) is 0 Å². The summed E-state index contributed by atoms with van der Waals surface area (Å²) in [5.74, 6) is 0. The molecule has 4 heterocycles. The molecule has 1 aromatic heterocycles. The van der Waals surface area contributed by atoms with Crippen molar-refractivity contribution in [1.29, 1.82) is 0 Å². The van der Waals surface area contributed by atoms with Crippen molar-refractivity contribution in [2.24, 2.45) is 0 Å². The molecular formula is C13H16N2O7. The average molecular weight is 312 g/mol. The smallest absolute Gasteiger partial charge is 0.330 e. The lowest BCUT2D eigenvalue weighted by Crippen LogP contribution is -2.62. The maximum absolute atomic E-state index is 12.0. The fourth-order valence-corrected chi connectivity index (χ4v) is 3.50. The van der Waals surface area contributed by atoms with E-state index in [0.717, 1.165) is 0 Å². The van der Waals surface area contributed by atoms with Gasteiger partial charge in [-0.1, -0.05) is 0 Å². The Labute approximate surface area is 124 Å². The summed E-state index contributed by atoms with van der Waals surface area (Å²) >= 11 is 0. The minimum Gasteiger partial charge on any atom is -0.388 e. The first-order valence-electron chi connectivity index (χ1n) is 7.04. The van der Waals surface area contributed by atoms with Crippen molar-refractivity contribution in [2.45, 2.75) is 43.2 Å². The van der Waals surface area contributed by atoms with Crippen LogP contribution in [0.15, 0.2) is 15.8 Å². The van der Waals surface area contributed by atoms with Crippen molar-refractivity contribution in [1.82, 2.24) is 9.55 Å². The van der Waals surface area contributed by atoms with Crippen LogP contribution in [0, 0.1) is 6.92 Å². The summed E-state index contributed by atoms with van der Waals surface area (Å²) in [6, 6.07) is 0. The molecule has 0 bridgehead atoms. The van der Waals surface area contributed by atoms with Crippen LogP contribution in [0.4, 0.5) is 0 Å². The van der Waals surface area contributed by atoms with E-state index in [-0.39, 0.29) is 13.2 Å². The molecule has 120 valence electrons. The Morgan fingerprint density at radius 1 is 1.32 bits per heavy atom. The Bertz CT molecular complexity index is 728. The van der Waals surface area contributed by atoms with Gasteiger partial charge in [-0.15, -0.1) is 0 Å². The van der Waals surface area contributed by atoms with Crippen molar-refractivity contribution in [3.05, 3.63) is 32.6 Å². The Kier molecular flexibility index (Phi) is 2.88. The zero-order valence-electron chi connectivity index (χ0n) is 11.8. The Hall–Kier alpha value is -1.52. The van der Waals surface area contributed by atoms with Crippen LogP contribution in [0.5, 0.6) is 0 Å². The molecule has 0 aromatic carbocycles. The summed E-state index contributed by atoms with van der Waals surface area (Å²) in [7, 11) is 0. The number of aromatic amines is 1. The zero-order chi connectivity index (χ0) is 15.6. The van der Waals surface area contributed by atoms with Gasteiger partial charge in [0.15, 0.2) is 11.8 Å². The van der Waals surface area contributed by atoms with Gasteiger partial charge in [0.1, 0.15) is 24.4 Å². The summed E-state index contributed by atoms with van der Waals surface area (Å²) in [6.07, 6.45) is -3.00. The highest BCUT2D eigenvalue weighted by atomic mass is 16.6. The fourth-order valence-electron chi connectivity index (χ4n) is 3.50. The number of nitrogens with one attached hydrogen (secondary N) is 1. The number of H-pyrrole nitrogens is 1. The van der Waals surface area contributed by atoms with Gasteiger partial charge in [0.05, 0.1) is 13.2 Å². The largest absolute Gasteiger partial charge is 0.388 e. The predicted octanol–water partition coefficient (Wildman–Crippen LogP) is -2.37. The number of nitrogens with zero attached hydrogens (tertiary/aromatic N) is 1. The van der Waals surface area contributed by atoms with E-state index >= 15 is 0 Å². The summed E-state index contributed by atoms with van der Waals surface area (Å²) < 4.78 is 17.9. The third-order valence-electron chi connectivity index (χ3n) is 4.64. The van der Waals surface area contributed by atoms with Crippen molar-refractivity contribution in [3.63, 3.8) is 0 Å². The fraction of sp³-hybridized carbons (Fsp3) is 0.692. The lowest BCUT2D eigenvalue weighted by molar-refractivity contribution is -0.215. The molecule has 9 nitrogen and oxygen atoms in total. The normalized spacial score (nSPS) is 43.3. The van der Waals surface area contributed by atoms with Crippen LogP contribution in [0.3, 0.4) is 0 Å². The van der Waals surface area contributed by atoms with Crippen LogP contribution < -0.4 is 11.2 Å². The molecule has 4 rings (SSSR count). The van der Waals surface area contributed by atoms with Crippen LogP contribution in [0.1, 0.15) is 11.8 Å². The number of aryl methyl sites for hydroxylation is 1. The second-order valence-electron chi connectivity index (χ2n) is 5.96. The third kappa shape index (κ3) is 1.65. The third-order valence-corrected chi connectivity index (χ3v) is 4.64. The van der Waals surface area contributed by atoms with Gasteiger partial charge in [0.2, 0.25) is 0 Å². The van der Waals surface area contributed by atoms with E-state index in [1.54, 1.807) is 6.92 Å². The quantitative estimate of drug-likeness (QED) is 0.529. The molecule has 0 radical (unpaired) electrons. The van der Waals surface area contributed by atoms with E-state index in [1.165, 1.54) is 10.8 Å². The molecule has 3 fully saturated rings. The number of hydrogen-bond donors (Lipinski definition) is 3. The SMILES string of the molecule is Cc1cn([C@@H]2O[C@@H]3[C@H](O)CO[C@@H]4CO[C@H]2[C@]34O)c(=O)[nH]c1=O. The van der Waals surface area contributed by atoms with Gasteiger partial charge in [-0.2, -0.15) is 0 Å². The number of aliphatic hydroxyl groups excluding tert-OH is 1.